The number of hydrogen-bond donors (Lipinski definition) is 2. The van der Waals surface area contributed by atoms with Crippen LogP contribution >= 0.6 is 0 Å². The fraction of sp³-hybridized carbons (Fsp3) is 0.364. The minimum absolute atomic E-state index is 0.137. The van der Waals surface area contributed by atoms with Crippen LogP contribution in [-0.2, 0) is 10.2 Å². The van der Waals surface area contributed by atoms with Gasteiger partial charge in [0.1, 0.15) is 5.84 Å². The first-order valence-electron chi connectivity index (χ1n) is 5.30. The number of hydrogen-bond acceptors (Lipinski definition) is 3. The van der Waals surface area contributed by atoms with Gasteiger partial charge in [-0.1, -0.05) is 29.9 Å². The number of nitrogens with zero attached hydrogens (tertiary/aromatic N) is 1. The van der Waals surface area contributed by atoms with Crippen LogP contribution in [-0.4, -0.2) is 20.3 Å². The lowest BCUT2D eigenvalue weighted by Gasteiger charge is -2.28. The highest BCUT2D eigenvalue weighted by molar-refractivity contribution is 7.88. The standard InChI is InChI=1S/C11H15N3O2S/c1-7(2)5-8-3-4-10-9(6-8)11(12)14-17(15,16)13-10/h3-6,9-10,13H,1-2H3,(H2,12,14). The SMILES string of the molecule is CC(C)=CC1=CC2C(N)=NS(=O)(=O)NC2C=C1. The zero-order valence-corrected chi connectivity index (χ0v) is 10.5. The van der Waals surface area contributed by atoms with Gasteiger partial charge in [0, 0.05) is 0 Å². The summed E-state index contributed by atoms with van der Waals surface area (Å²) in [6, 6.07) is -0.327. The predicted molar refractivity (Wildman–Crippen MR) is 67.6 cm³/mol. The molecular weight excluding hydrogens is 238 g/mol. The maximum Gasteiger partial charge on any atom is 0.322 e. The molecule has 3 N–H and O–H groups in total. The molecule has 0 spiro atoms. The molecule has 0 saturated heterocycles. The number of rotatable bonds is 1. The number of nitrogens with one attached hydrogen (secondary N) is 1. The Morgan fingerprint density at radius 2 is 2.24 bits per heavy atom. The van der Waals surface area contributed by atoms with E-state index in [0.717, 1.165) is 5.57 Å². The lowest BCUT2D eigenvalue weighted by molar-refractivity contribution is 0.550. The molecule has 0 aromatic heterocycles. The molecule has 2 unspecified atom stereocenters. The molecule has 2 rings (SSSR count). The first-order chi connectivity index (χ1) is 7.87. The minimum Gasteiger partial charge on any atom is -0.386 e. The lowest BCUT2D eigenvalue weighted by atomic mass is 9.90. The molecule has 0 radical (unpaired) electrons. The zero-order chi connectivity index (χ0) is 12.6. The van der Waals surface area contributed by atoms with Crippen molar-refractivity contribution in [2.24, 2.45) is 16.0 Å². The summed E-state index contributed by atoms with van der Waals surface area (Å²) in [6.07, 6.45) is 7.63. The molecule has 0 amide bonds. The normalized spacial score (nSPS) is 30.0. The van der Waals surface area contributed by atoms with Crippen molar-refractivity contribution in [2.75, 3.05) is 0 Å². The highest BCUT2D eigenvalue weighted by atomic mass is 32.2. The van der Waals surface area contributed by atoms with E-state index < -0.39 is 10.2 Å². The molecule has 2 atom stereocenters. The van der Waals surface area contributed by atoms with Crippen molar-refractivity contribution >= 4 is 16.0 Å². The average Bonchev–Trinajstić information content (AvgIpc) is 2.16. The Hall–Kier alpha value is -1.40. The summed E-state index contributed by atoms with van der Waals surface area (Å²) in [5, 5.41) is 0. The van der Waals surface area contributed by atoms with Crippen LogP contribution in [0.4, 0.5) is 0 Å². The van der Waals surface area contributed by atoms with Crippen molar-refractivity contribution in [3.63, 3.8) is 0 Å². The van der Waals surface area contributed by atoms with E-state index in [0.29, 0.717) is 0 Å². The molecule has 0 bridgehead atoms. The second-order valence-electron chi connectivity index (χ2n) is 4.41. The van der Waals surface area contributed by atoms with Crippen LogP contribution in [0.15, 0.2) is 39.8 Å². The predicted octanol–water partition coefficient (Wildman–Crippen LogP) is 0.639. The lowest BCUT2D eigenvalue weighted by Crippen LogP contribution is -2.48. The topological polar surface area (TPSA) is 84.5 Å². The van der Waals surface area contributed by atoms with Crippen molar-refractivity contribution in [3.05, 3.63) is 35.5 Å². The van der Waals surface area contributed by atoms with Gasteiger partial charge in [-0.3, -0.25) is 0 Å². The maximum atomic E-state index is 11.3. The first kappa shape index (κ1) is 12.1. The maximum absolute atomic E-state index is 11.3. The molecule has 0 fully saturated rings. The number of fused-ring (bicyclic) bond motifs is 1. The van der Waals surface area contributed by atoms with E-state index in [2.05, 4.69) is 9.12 Å². The summed E-state index contributed by atoms with van der Waals surface area (Å²) in [4.78, 5) is 0. The summed E-state index contributed by atoms with van der Waals surface area (Å²) in [7, 11) is -3.63. The van der Waals surface area contributed by atoms with Gasteiger partial charge in [-0.2, -0.15) is 13.1 Å². The zero-order valence-electron chi connectivity index (χ0n) is 9.71. The van der Waals surface area contributed by atoms with Crippen molar-refractivity contribution in [1.29, 1.82) is 0 Å². The molecule has 0 aromatic carbocycles. The van der Waals surface area contributed by atoms with E-state index in [-0.39, 0.29) is 17.8 Å². The van der Waals surface area contributed by atoms with Crippen molar-refractivity contribution < 1.29 is 8.42 Å². The molecule has 1 aliphatic heterocycles. The van der Waals surface area contributed by atoms with Crippen molar-refractivity contribution in [3.8, 4) is 0 Å². The molecule has 17 heavy (non-hydrogen) atoms. The second-order valence-corrected chi connectivity index (χ2v) is 5.78. The smallest absolute Gasteiger partial charge is 0.322 e. The number of allylic oxidation sites excluding steroid dienone is 4. The van der Waals surface area contributed by atoms with Gasteiger partial charge in [0.2, 0.25) is 0 Å². The van der Waals surface area contributed by atoms with Crippen LogP contribution in [0.3, 0.4) is 0 Å². The molecule has 5 nitrogen and oxygen atoms in total. The quantitative estimate of drug-likeness (QED) is 0.719. The van der Waals surface area contributed by atoms with Gasteiger partial charge in [0.15, 0.2) is 0 Å². The van der Waals surface area contributed by atoms with E-state index in [1.807, 2.05) is 32.1 Å². The van der Waals surface area contributed by atoms with E-state index in [1.165, 1.54) is 5.57 Å². The summed E-state index contributed by atoms with van der Waals surface area (Å²) < 4.78 is 28.6. The molecular formula is C11H15N3O2S. The fourth-order valence-corrected chi connectivity index (χ4v) is 2.93. The Morgan fingerprint density at radius 3 is 2.88 bits per heavy atom. The van der Waals surface area contributed by atoms with Gasteiger partial charge in [0.25, 0.3) is 0 Å². The average molecular weight is 253 g/mol. The largest absolute Gasteiger partial charge is 0.386 e. The summed E-state index contributed by atoms with van der Waals surface area (Å²) in [5.74, 6) is -0.0631. The molecule has 1 aliphatic carbocycles. The van der Waals surface area contributed by atoms with Crippen LogP contribution in [0, 0.1) is 5.92 Å². The van der Waals surface area contributed by atoms with Crippen LogP contribution < -0.4 is 10.5 Å². The number of nitrogens with two attached hydrogens (primary N) is 1. The molecule has 0 saturated carbocycles. The molecule has 1 heterocycles. The molecule has 92 valence electrons. The van der Waals surface area contributed by atoms with E-state index in [4.69, 9.17) is 5.73 Å². The third kappa shape index (κ3) is 2.65. The number of amidine groups is 1. The fourth-order valence-electron chi connectivity index (χ4n) is 1.91. The Bertz CT molecular complexity index is 551. The van der Waals surface area contributed by atoms with Gasteiger partial charge in [0.05, 0.1) is 12.0 Å². The molecule has 6 heteroatoms. The Morgan fingerprint density at radius 1 is 1.53 bits per heavy atom. The minimum atomic E-state index is -3.63. The van der Waals surface area contributed by atoms with E-state index in [1.54, 1.807) is 6.08 Å². The summed E-state index contributed by atoms with van der Waals surface area (Å²) in [6.45, 7) is 4.00. The van der Waals surface area contributed by atoms with Crippen molar-refractivity contribution in [1.82, 2.24) is 4.72 Å². The second kappa shape index (κ2) is 4.12. The van der Waals surface area contributed by atoms with Crippen LogP contribution in [0.1, 0.15) is 13.8 Å². The van der Waals surface area contributed by atoms with Crippen LogP contribution in [0.5, 0.6) is 0 Å². The Kier molecular flexibility index (Phi) is 2.92. The monoisotopic (exact) mass is 253 g/mol. The third-order valence-corrected chi connectivity index (χ3v) is 3.58. The van der Waals surface area contributed by atoms with E-state index >= 15 is 0 Å². The first-order valence-corrected chi connectivity index (χ1v) is 6.74. The van der Waals surface area contributed by atoms with Gasteiger partial charge in [-0.25, -0.2) is 0 Å². The van der Waals surface area contributed by atoms with Gasteiger partial charge < -0.3 is 5.73 Å². The Labute approximate surface area is 101 Å². The molecule has 2 aliphatic rings. The summed E-state index contributed by atoms with van der Waals surface area (Å²) in [5.41, 5.74) is 7.88. The third-order valence-electron chi connectivity index (χ3n) is 2.56. The van der Waals surface area contributed by atoms with Gasteiger partial charge in [-0.15, -0.1) is 4.40 Å². The Balaban J connectivity index is 2.37. The van der Waals surface area contributed by atoms with E-state index in [9.17, 15) is 8.42 Å². The summed E-state index contributed by atoms with van der Waals surface area (Å²) >= 11 is 0. The highest BCUT2D eigenvalue weighted by Crippen LogP contribution is 2.23. The van der Waals surface area contributed by atoms with Gasteiger partial charge >= 0.3 is 10.2 Å². The van der Waals surface area contributed by atoms with Gasteiger partial charge in [-0.05, 0) is 19.4 Å². The molecule has 0 aromatic rings. The van der Waals surface area contributed by atoms with Crippen molar-refractivity contribution in [2.45, 2.75) is 19.9 Å². The van der Waals surface area contributed by atoms with Crippen LogP contribution in [0.25, 0.3) is 0 Å². The highest BCUT2D eigenvalue weighted by Gasteiger charge is 2.32. The van der Waals surface area contributed by atoms with Crippen LogP contribution in [0.2, 0.25) is 0 Å².